The predicted molar refractivity (Wildman–Crippen MR) is 118 cm³/mol. The number of benzene rings is 1. The molecule has 164 valence electrons. The molecular weight excluding hydrogens is 454 g/mol. The van der Waals surface area contributed by atoms with E-state index in [1.807, 2.05) is 6.92 Å². The maximum absolute atomic E-state index is 12.5. The molecule has 0 saturated carbocycles. The predicted octanol–water partition coefficient (Wildman–Crippen LogP) is 2.98. The summed E-state index contributed by atoms with van der Waals surface area (Å²) in [5.74, 6) is 1.81. The largest absolute Gasteiger partial charge is 0.438 e. The molecule has 0 spiro atoms. The number of imidazole rings is 1. The van der Waals surface area contributed by atoms with Crippen molar-refractivity contribution in [1.29, 1.82) is 0 Å². The topological polar surface area (TPSA) is 141 Å². The van der Waals surface area contributed by atoms with E-state index in [1.165, 1.54) is 13.1 Å². The zero-order valence-electron chi connectivity index (χ0n) is 16.9. The molecule has 0 saturated heterocycles. The fraction of sp³-hybridized carbons (Fsp3) is 0.105. The number of thiazole rings is 1. The Morgan fingerprint density at radius 3 is 2.50 bits per heavy atom. The normalized spacial score (nSPS) is 11.2. The van der Waals surface area contributed by atoms with E-state index >= 15 is 0 Å². The number of rotatable bonds is 7. The zero-order valence-corrected chi connectivity index (χ0v) is 18.5. The molecule has 3 aromatic heterocycles. The highest BCUT2D eigenvalue weighted by Gasteiger charge is 2.18. The lowest BCUT2D eigenvalue weighted by molar-refractivity contribution is -0.114. The molecular formula is C19H17N7O4S2. The molecule has 11 nitrogen and oxygen atoms in total. The van der Waals surface area contributed by atoms with Gasteiger partial charge in [-0.05, 0) is 37.3 Å². The van der Waals surface area contributed by atoms with Gasteiger partial charge in [0.25, 0.3) is 10.0 Å². The van der Waals surface area contributed by atoms with Crippen molar-refractivity contribution < 1.29 is 17.9 Å². The number of nitrogens with one attached hydrogen (secondary N) is 2. The minimum absolute atomic E-state index is 0.0231. The van der Waals surface area contributed by atoms with Gasteiger partial charge in [0.1, 0.15) is 11.6 Å². The molecule has 1 aromatic carbocycles. The summed E-state index contributed by atoms with van der Waals surface area (Å²) in [7, 11) is -3.85. The number of sulfonamides is 1. The van der Waals surface area contributed by atoms with Gasteiger partial charge in [0.2, 0.25) is 11.8 Å². The number of anilines is 2. The molecule has 0 unspecified atom stereocenters. The monoisotopic (exact) mass is 471 g/mol. The van der Waals surface area contributed by atoms with Gasteiger partial charge in [0.15, 0.2) is 15.2 Å². The third-order valence-electron chi connectivity index (χ3n) is 4.06. The van der Waals surface area contributed by atoms with Crippen molar-refractivity contribution in [3.63, 3.8) is 0 Å². The van der Waals surface area contributed by atoms with Crippen molar-refractivity contribution in [1.82, 2.24) is 24.7 Å². The number of amides is 1. The molecule has 0 radical (unpaired) electrons. The van der Waals surface area contributed by atoms with E-state index in [4.69, 9.17) is 4.74 Å². The Balaban J connectivity index is 1.41. The molecule has 0 aliphatic carbocycles. The fourth-order valence-electron chi connectivity index (χ4n) is 2.63. The van der Waals surface area contributed by atoms with Crippen LogP contribution in [0.25, 0.3) is 5.82 Å². The molecule has 3 heterocycles. The van der Waals surface area contributed by atoms with Crippen LogP contribution in [0.2, 0.25) is 0 Å². The van der Waals surface area contributed by atoms with Crippen LogP contribution < -0.4 is 14.8 Å². The molecule has 0 atom stereocenters. The van der Waals surface area contributed by atoms with Crippen LogP contribution in [0.15, 0.2) is 59.2 Å². The Labute approximate surface area is 187 Å². The maximum atomic E-state index is 12.5. The van der Waals surface area contributed by atoms with Crippen LogP contribution in [0.1, 0.15) is 12.7 Å². The highest BCUT2D eigenvalue weighted by atomic mass is 32.2. The molecule has 1 amide bonds. The highest BCUT2D eigenvalue weighted by molar-refractivity contribution is 7.94. The van der Waals surface area contributed by atoms with E-state index in [-0.39, 0.29) is 21.1 Å². The van der Waals surface area contributed by atoms with Gasteiger partial charge in [-0.2, -0.15) is 0 Å². The average Bonchev–Trinajstić information content (AvgIpc) is 3.39. The number of ether oxygens (including phenoxy) is 1. The molecule has 0 aliphatic rings. The first-order valence-corrected chi connectivity index (χ1v) is 11.5. The third kappa shape index (κ3) is 4.90. The fourth-order valence-corrected chi connectivity index (χ4v) is 4.76. The zero-order chi connectivity index (χ0) is 22.7. The van der Waals surface area contributed by atoms with Gasteiger partial charge in [-0.1, -0.05) is 11.3 Å². The molecule has 4 aromatic rings. The molecule has 13 heteroatoms. The van der Waals surface area contributed by atoms with Crippen molar-refractivity contribution in [2.24, 2.45) is 0 Å². The SMILES string of the molecule is CC(=O)Nc1ncc(S(=O)(=O)Nc2ccc(Oc3ccc(-n4ccnc4C)nn3)cc2)s1. The Morgan fingerprint density at radius 2 is 1.88 bits per heavy atom. The lowest BCUT2D eigenvalue weighted by Gasteiger charge is -2.08. The van der Waals surface area contributed by atoms with E-state index in [0.717, 1.165) is 17.2 Å². The molecule has 0 fully saturated rings. The minimum Gasteiger partial charge on any atom is -0.438 e. The van der Waals surface area contributed by atoms with Gasteiger partial charge in [-0.15, -0.1) is 10.2 Å². The maximum Gasteiger partial charge on any atom is 0.273 e. The first kappa shape index (κ1) is 21.4. The number of carbonyl (C=O) groups excluding carboxylic acids is 1. The van der Waals surface area contributed by atoms with E-state index in [0.29, 0.717) is 17.3 Å². The van der Waals surface area contributed by atoms with E-state index in [9.17, 15) is 13.2 Å². The van der Waals surface area contributed by atoms with Crippen molar-refractivity contribution in [3.8, 4) is 17.4 Å². The minimum atomic E-state index is -3.85. The quantitative estimate of drug-likeness (QED) is 0.419. The molecule has 4 rings (SSSR count). The summed E-state index contributed by atoms with van der Waals surface area (Å²) in [5, 5.41) is 10.8. The van der Waals surface area contributed by atoms with Crippen LogP contribution in [0.3, 0.4) is 0 Å². The van der Waals surface area contributed by atoms with E-state index in [2.05, 4.69) is 30.2 Å². The second-order valence-electron chi connectivity index (χ2n) is 6.47. The number of nitrogens with zero attached hydrogens (tertiary/aromatic N) is 5. The van der Waals surface area contributed by atoms with Crippen LogP contribution in [-0.4, -0.2) is 39.1 Å². The van der Waals surface area contributed by atoms with Crippen molar-refractivity contribution in [2.45, 2.75) is 18.1 Å². The van der Waals surface area contributed by atoms with Crippen LogP contribution in [0, 0.1) is 6.92 Å². The number of hydrogen-bond donors (Lipinski definition) is 2. The summed E-state index contributed by atoms with van der Waals surface area (Å²) >= 11 is 0.854. The Bertz CT molecular complexity index is 1350. The van der Waals surface area contributed by atoms with Crippen LogP contribution >= 0.6 is 11.3 Å². The number of carbonyl (C=O) groups is 1. The summed E-state index contributed by atoms with van der Waals surface area (Å²) in [6.07, 6.45) is 4.64. The van der Waals surface area contributed by atoms with Crippen molar-refractivity contribution in [3.05, 3.63) is 60.8 Å². The second-order valence-corrected chi connectivity index (χ2v) is 9.41. The van der Waals surface area contributed by atoms with Crippen LogP contribution in [0.5, 0.6) is 11.6 Å². The average molecular weight is 472 g/mol. The van der Waals surface area contributed by atoms with Gasteiger partial charge in [-0.25, -0.2) is 18.4 Å². The van der Waals surface area contributed by atoms with E-state index < -0.39 is 10.0 Å². The lowest BCUT2D eigenvalue weighted by Crippen LogP contribution is -2.11. The Morgan fingerprint density at radius 1 is 1.09 bits per heavy atom. The van der Waals surface area contributed by atoms with Gasteiger partial charge >= 0.3 is 0 Å². The summed E-state index contributed by atoms with van der Waals surface area (Å²) in [6.45, 7) is 3.18. The molecule has 0 bridgehead atoms. The van der Waals surface area contributed by atoms with Gasteiger partial charge in [0.05, 0.1) is 6.20 Å². The molecule has 0 aliphatic heterocycles. The molecule has 2 N–H and O–H groups in total. The van der Waals surface area contributed by atoms with Gasteiger partial charge < -0.3 is 10.1 Å². The number of aryl methyl sites for hydroxylation is 1. The summed E-state index contributed by atoms with van der Waals surface area (Å²) in [6, 6.07) is 9.74. The van der Waals surface area contributed by atoms with Gasteiger partial charge in [-0.3, -0.25) is 14.1 Å². The highest BCUT2D eigenvalue weighted by Crippen LogP contribution is 2.26. The summed E-state index contributed by atoms with van der Waals surface area (Å²) in [5.41, 5.74) is 0.337. The van der Waals surface area contributed by atoms with E-state index in [1.54, 1.807) is 53.4 Å². The first-order valence-electron chi connectivity index (χ1n) is 9.18. The van der Waals surface area contributed by atoms with Crippen LogP contribution in [0.4, 0.5) is 10.8 Å². The number of hydrogen-bond acceptors (Lipinski definition) is 9. The summed E-state index contributed by atoms with van der Waals surface area (Å²) < 4.78 is 34.9. The Hall–Kier alpha value is -3.84. The summed E-state index contributed by atoms with van der Waals surface area (Å²) in [4.78, 5) is 19.1. The smallest absolute Gasteiger partial charge is 0.273 e. The first-order chi connectivity index (χ1) is 15.3. The van der Waals surface area contributed by atoms with Gasteiger partial charge in [0, 0.05) is 31.1 Å². The standard InChI is InChI=1S/C19H17N7O4S2/c1-12-20-9-10-26(12)16-7-8-17(24-23-16)30-15-5-3-14(4-6-15)25-32(28,29)18-11-21-19(31-18)22-13(2)27/h3-11,25H,1-2H3,(H,21,22,27). The lowest BCUT2D eigenvalue weighted by atomic mass is 10.3. The van der Waals surface area contributed by atoms with Crippen LogP contribution in [-0.2, 0) is 14.8 Å². The molecule has 32 heavy (non-hydrogen) atoms. The Kier molecular flexibility index (Phi) is 5.83. The second kappa shape index (κ2) is 8.72. The van der Waals surface area contributed by atoms with Crippen molar-refractivity contribution >= 4 is 38.1 Å². The third-order valence-corrected chi connectivity index (χ3v) is 6.82. The van der Waals surface area contributed by atoms with Crippen molar-refractivity contribution in [2.75, 3.05) is 10.0 Å². The number of aromatic nitrogens is 5.